The monoisotopic (exact) mass is 373 g/mol. The Bertz CT molecular complexity index is 623. The summed E-state index contributed by atoms with van der Waals surface area (Å²) in [7, 11) is 2.19. The van der Waals surface area contributed by atoms with Gasteiger partial charge in [0.1, 0.15) is 0 Å². The summed E-state index contributed by atoms with van der Waals surface area (Å²) < 4.78 is 4.42. The van der Waals surface area contributed by atoms with E-state index in [1.54, 1.807) is 0 Å². The van der Waals surface area contributed by atoms with Gasteiger partial charge in [0.15, 0.2) is 4.77 Å². The summed E-state index contributed by atoms with van der Waals surface area (Å²) >= 11 is 7.83. The Kier molecular flexibility index (Phi) is 3.46. The van der Waals surface area contributed by atoms with Crippen LogP contribution in [0.3, 0.4) is 0 Å². The van der Waals surface area contributed by atoms with Crippen molar-refractivity contribution in [2.45, 2.75) is 18.9 Å². The van der Waals surface area contributed by atoms with E-state index in [1.165, 1.54) is 21.9 Å². The van der Waals surface area contributed by atoms with Gasteiger partial charge >= 0.3 is 0 Å². The second-order valence-electron chi connectivity index (χ2n) is 5.00. The van der Waals surface area contributed by atoms with Gasteiger partial charge in [-0.25, -0.2) is 0 Å². The fourth-order valence-electron chi connectivity index (χ4n) is 2.72. The maximum atomic E-state index is 5.50. The number of rotatable bonds is 1. The number of aromatic amines is 1. The molecule has 2 heterocycles. The number of nitrogens with one attached hydrogen (secondary N) is 1. The number of nitrogens with zero attached hydrogens (tertiary/aromatic N) is 2. The number of benzene rings is 1. The first-order valence-corrected chi connectivity index (χ1v) is 7.72. The molecular formula is C13H16IN3S. The average Bonchev–Trinajstić information content (AvgIpc) is 2.65. The highest BCUT2D eigenvalue weighted by atomic mass is 127. The van der Waals surface area contributed by atoms with E-state index in [1.807, 2.05) is 0 Å². The van der Waals surface area contributed by atoms with Gasteiger partial charge in [0, 0.05) is 9.61 Å². The van der Waals surface area contributed by atoms with Gasteiger partial charge < -0.3 is 14.5 Å². The summed E-state index contributed by atoms with van der Waals surface area (Å²) in [6.45, 7) is 2.31. The maximum Gasteiger partial charge on any atom is 0.178 e. The Balaban J connectivity index is 2.06. The second kappa shape index (κ2) is 4.94. The smallest absolute Gasteiger partial charge is 0.178 e. The molecule has 0 spiro atoms. The number of aromatic nitrogens is 2. The van der Waals surface area contributed by atoms with Crippen LogP contribution in [0.4, 0.5) is 0 Å². The normalized spacial score (nSPS) is 18.6. The van der Waals surface area contributed by atoms with Crippen LogP contribution in [-0.2, 0) is 0 Å². The van der Waals surface area contributed by atoms with Crippen LogP contribution in [0.5, 0.6) is 0 Å². The molecule has 0 aliphatic carbocycles. The van der Waals surface area contributed by atoms with Crippen molar-refractivity contribution in [3.63, 3.8) is 0 Å². The molecule has 0 saturated carbocycles. The number of imidazole rings is 1. The lowest BCUT2D eigenvalue weighted by molar-refractivity contribution is 0.223. The zero-order valence-electron chi connectivity index (χ0n) is 10.3. The lowest BCUT2D eigenvalue weighted by atomic mass is 10.1. The quantitative estimate of drug-likeness (QED) is 0.611. The number of piperidine rings is 1. The van der Waals surface area contributed by atoms with E-state index in [0.29, 0.717) is 6.04 Å². The Morgan fingerprint density at radius 3 is 2.78 bits per heavy atom. The highest BCUT2D eigenvalue weighted by Crippen LogP contribution is 2.27. The van der Waals surface area contributed by atoms with Crippen LogP contribution in [0.25, 0.3) is 11.0 Å². The van der Waals surface area contributed by atoms with Gasteiger partial charge in [-0.1, -0.05) is 0 Å². The Labute approximate surface area is 125 Å². The van der Waals surface area contributed by atoms with Crippen LogP contribution in [-0.4, -0.2) is 34.6 Å². The summed E-state index contributed by atoms with van der Waals surface area (Å²) in [5, 5.41) is 0. The number of hydrogen-bond donors (Lipinski definition) is 1. The molecule has 0 amide bonds. The van der Waals surface area contributed by atoms with E-state index in [9.17, 15) is 0 Å². The lowest BCUT2D eigenvalue weighted by Gasteiger charge is -2.30. The van der Waals surface area contributed by atoms with Gasteiger partial charge in [-0.3, -0.25) is 0 Å². The first-order chi connectivity index (χ1) is 8.65. The molecule has 3 nitrogen and oxygen atoms in total. The molecule has 5 heteroatoms. The molecule has 1 aromatic carbocycles. The summed E-state index contributed by atoms with van der Waals surface area (Å²) in [5.74, 6) is 0. The molecular weight excluding hydrogens is 357 g/mol. The molecule has 0 unspecified atom stereocenters. The SMILES string of the molecule is CN1CCC(n2c(=S)[nH]c3cc(I)ccc32)CC1. The van der Waals surface area contributed by atoms with Crippen LogP contribution < -0.4 is 0 Å². The van der Waals surface area contributed by atoms with Crippen LogP contribution in [0.1, 0.15) is 18.9 Å². The van der Waals surface area contributed by atoms with Crippen LogP contribution in [0.15, 0.2) is 18.2 Å². The van der Waals surface area contributed by atoms with Crippen LogP contribution >= 0.6 is 34.8 Å². The molecule has 1 N–H and O–H groups in total. The molecule has 1 saturated heterocycles. The molecule has 0 radical (unpaired) electrons. The first-order valence-electron chi connectivity index (χ1n) is 6.23. The van der Waals surface area contributed by atoms with Gasteiger partial charge in [-0.05, 0) is 86.0 Å². The molecule has 0 bridgehead atoms. The molecule has 18 heavy (non-hydrogen) atoms. The molecule has 3 rings (SSSR count). The molecule has 1 fully saturated rings. The summed E-state index contributed by atoms with van der Waals surface area (Å²) in [6, 6.07) is 7.04. The number of fused-ring (bicyclic) bond motifs is 1. The second-order valence-corrected chi connectivity index (χ2v) is 6.63. The Hall–Kier alpha value is -0.400. The fraction of sp³-hybridized carbons (Fsp3) is 0.462. The van der Waals surface area contributed by atoms with Gasteiger partial charge in [0.2, 0.25) is 0 Å². The van der Waals surface area contributed by atoms with Crippen molar-refractivity contribution < 1.29 is 0 Å². The summed E-state index contributed by atoms with van der Waals surface area (Å²) in [5.41, 5.74) is 2.40. The van der Waals surface area contributed by atoms with Crippen molar-refractivity contribution in [2.24, 2.45) is 0 Å². The van der Waals surface area contributed by atoms with Crippen molar-refractivity contribution in [3.05, 3.63) is 26.5 Å². The standard InChI is InChI=1S/C13H16IN3S/c1-16-6-4-10(5-7-16)17-12-3-2-9(14)8-11(12)15-13(17)18/h2-3,8,10H,4-7H2,1H3,(H,15,18). The van der Waals surface area contributed by atoms with Crippen molar-refractivity contribution in [1.29, 1.82) is 0 Å². The summed E-state index contributed by atoms with van der Waals surface area (Å²) in [6.07, 6.45) is 2.37. The van der Waals surface area contributed by atoms with Crippen LogP contribution in [0, 0.1) is 8.34 Å². The lowest BCUT2D eigenvalue weighted by Crippen LogP contribution is -2.31. The number of halogens is 1. The fourth-order valence-corrected chi connectivity index (χ4v) is 3.57. The predicted molar refractivity (Wildman–Crippen MR) is 85.6 cm³/mol. The third-order valence-electron chi connectivity index (χ3n) is 3.73. The minimum atomic E-state index is 0.544. The average molecular weight is 373 g/mol. The zero-order chi connectivity index (χ0) is 12.7. The maximum absolute atomic E-state index is 5.50. The molecule has 96 valence electrons. The van der Waals surface area contributed by atoms with Crippen molar-refractivity contribution in [1.82, 2.24) is 14.5 Å². The van der Waals surface area contributed by atoms with Crippen LogP contribution in [0.2, 0.25) is 0 Å². The number of hydrogen-bond acceptors (Lipinski definition) is 2. The van der Waals surface area contributed by atoms with Gasteiger partial charge in [0.25, 0.3) is 0 Å². The molecule has 1 aliphatic rings. The van der Waals surface area contributed by atoms with Gasteiger partial charge in [0.05, 0.1) is 11.0 Å². The molecule has 1 aliphatic heterocycles. The number of likely N-dealkylation sites (tertiary alicyclic amines) is 1. The molecule has 0 atom stereocenters. The van der Waals surface area contributed by atoms with E-state index in [2.05, 4.69) is 62.3 Å². The summed E-state index contributed by atoms with van der Waals surface area (Å²) in [4.78, 5) is 5.72. The first kappa shape index (κ1) is 12.6. The highest BCUT2D eigenvalue weighted by Gasteiger charge is 2.20. The minimum Gasteiger partial charge on any atom is -0.331 e. The highest BCUT2D eigenvalue weighted by molar-refractivity contribution is 14.1. The van der Waals surface area contributed by atoms with E-state index in [0.717, 1.165) is 23.4 Å². The van der Waals surface area contributed by atoms with Gasteiger partial charge in [-0.2, -0.15) is 0 Å². The van der Waals surface area contributed by atoms with Gasteiger partial charge in [-0.15, -0.1) is 0 Å². The third kappa shape index (κ3) is 2.23. The number of H-pyrrole nitrogens is 1. The Morgan fingerprint density at radius 2 is 2.06 bits per heavy atom. The van der Waals surface area contributed by atoms with E-state index >= 15 is 0 Å². The topological polar surface area (TPSA) is 24.0 Å². The molecule has 1 aromatic heterocycles. The van der Waals surface area contributed by atoms with E-state index in [-0.39, 0.29) is 0 Å². The largest absolute Gasteiger partial charge is 0.331 e. The van der Waals surface area contributed by atoms with Crippen molar-refractivity contribution in [2.75, 3.05) is 20.1 Å². The van der Waals surface area contributed by atoms with E-state index in [4.69, 9.17) is 12.2 Å². The Morgan fingerprint density at radius 1 is 1.33 bits per heavy atom. The minimum absolute atomic E-state index is 0.544. The van der Waals surface area contributed by atoms with Crippen molar-refractivity contribution in [3.8, 4) is 0 Å². The van der Waals surface area contributed by atoms with E-state index < -0.39 is 0 Å². The predicted octanol–water partition coefficient (Wildman–Crippen LogP) is 3.57. The third-order valence-corrected chi connectivity index (χ3v) is 4.70. The molecule has 2 aromatic rings. The van der Waals surface area contributed by atoms with Crippen molar-refractivity contribution >= 4 is 45.8 Å². The zero-order valence-corrected chi connectivity index (χ0v) is 13.3.